The number of para-hydroxylation sites is 1. The number of carboxylic acids is 1. The van der Waals surface area contributed by atoms with Gasteiger partial charge in [0.15, 0.2) is 0 Å². The second kappa shape index (κ2) is 5.64. The van der Waals surface area contributed by atoms with Crippen molar-refractivity contribution in [3.05, 3.63) is 53.0 Å². The zero-order valence-electron chi connectivity index (χ0n) is 12.1. The first kappa shape index (κ1) is 13.7. The van der Waals surface area contributed by atoms with Crippen molar-refractivity contribution < 1.29 is 14.3 Å². The summed E-state index contributed by atoms with van der Waals surface area (Å²) >= 11 is 0. The Morgan fingerprint density at radius 2 is 2.14 bits per heavy atom. The van der Waals surface area contributed by atoms with Crippen LogP contribution in [0, 0.1) is 6.92 Å². The van der Waals surface area contributed by atoms with E-state index in [2.05, 4.69) is 29.2 Å². The molecule has 2 heterocycles. The fraction of sp³-hybridized carbons (Fsp3) is 0.353. The van der Waals surface area contributed by atoms with Crippen LogP contribution < -0.4 is 4.90 Å². The van der Waals surface area contributed by atoms with Crippen LogP contribution in [0.2, 0.25) is 0 Å². The lowest BCUT2D eigenvalue weighted by atomic mass is 10.1. The van der Waals surface area contributed by atoms with E-state index < -0.39 is 5.97 Å². The molecule has 4 nitrogen and oxygen atoms in total. The minimum absolute atomic E-state index is 0.0191. The van der Waals surface area contributed by atoms with E-state index in [-0.39, 0.29) is 5.76 Å². The SMILES string of the molecule is Cc1oc(C(=O)O)cc1CN1CCCCc2ccccc21. The number of hydrogen-bond acceptors (Lipinski definition) is 3. The van der Waals surface area contributed by atoms with E-state index in [1.807, 2.05) is 6.92 Å². The van der Waals surface area contributed by atoms with E-state index in [1.54, 1.807) is 6.07 Å². The van der Waals surface area contributed by atoms with Crippen LogP contribution in [-0.2, 0) is 13.0 Å². The van der Waals surface area contributed by atoms with Gasteiger partial charge in [-0.25, -0.2) is 4.79 Å². The van der Waals surface area contributed by atoms with Crippen LogP contribution >= 0.6 is 0 Å². The first-order chi connectivity index (χ1) is 10.1. The largest absolute Gasteiger partial charge is 0.475 e. The van der Waals surface area contributed by atoms with Crippen LogP contribution in [0.3, 0.4) is 0 Å². The standard InChI is InChI=1S/C17H19NO3/c1-12-14(10-16(21-12)17(19)20)11-18-9-5-4-7-13-6-2-3-8-15(13)18/h2-3,6,8,10H,4-5,7,9,11H2,1H3,(H,19,20). The van der Waals surface area contributed by atoms with Crippen LogP contribution in [0.1, 0.15) is 40.3 Å². The topological polar surface area (TPSA) is 53.7 Å². The summed E-state index contributed by atoms with van der Waals surface area (Å²) in [5.74, 6) is -0.305. The molecule has 1 aromatic heterocycles. The molecule has 0 bridgehead atoms. The summed E-state index contributed by atoms with van der Waals surface area (Å²) < 4.78 is 5.31. The number of carbonyl (C=O) groups is 1. The lowest BCUT2D eigenvalue weighted by Crippen LogP contribution is -2.23. The van der Waals surface area contributed by atoms with Gasteiger partial charge in [-0.3, -0.25) is 0 Å². The second-order valence-electron chi connectivity index (χ2n) is 5.50. The lowest BCUT2D eigenvalue weighted by molar-refractivity contribution is 0.0661. The van der Waals surface area contributed by atoms with Crippen molar-refractivity contribution in [1.29, 1.82) is 0 Å². The summed E-state index contributed by atoms with van der Waals surface area (Å²) in [6.45, 7) is 3.51. The highest BCUT2D eigenvalue weighted by molar-refractivity contribution is 5.84. The zero-order valence-corrected chi connectivity index (χ0v) is 12.1. The van der Waals surface area contributed by atoms with Gasteiger partial charge in [0.25, 0.3) is 0 Å². The van der Waals surface area contributed by atoms with Crippen molar-refractivity contribution in [2.75, 3.05) is 11.4 Å². The Bertz CT molecular complexity index is 660. The Labute approximate surface area is 124 Å². The van der Waals surface area contributed by atoms with Gasteiger partial charge in [0.05, 0.1) is 0 Å². The van der Waals surface area contributed by atoms with Gasteiger partial charge < -0.3 is 14.4 Å². The number of fused-ring (bicyclic) bond motifs is 1. The molecule has 3 rings (SSSR count). The third kappa shape index (κ3) is 2.79. The van der Waals surface area contributed by atoms with Gasteiger partial charge in [-0.2, -0.15) is 0 Å². The molecular formula is C17H19NO3. The molecule has 1 aliphatic rings. The molecular weight excluding hydrogens is 266 g/mol. The highest BCUT2D eigenvalue weighted by Gasteiger charge is 2.19. The average molecular weight is 285 g/mol. The van der Waals surface area contributed by atoms with E-state index >= 15 is 0 Å². The van der Waals surface area contributed by atoms with E-state index in [9.17, 15) is 4.79 Å². The number of carboxylic acid groups (broad SMARTS) is 1. The van der Waals surface area contributed by atoms with Crippen molar-refractivity contribution >= 4 is 11.7 Å². The molecule has 4 heteroatoms. The van der Waals surface area contributed by atoms with E-state index in [4.69, 9.17) is 9.52 Å². The molecule has 21 heavy (non-hydrogen) atoms. The average Bonchev–Trinajstić information content (AvgIpc) is 2.72. The lowest BCUT2D eigenvalue weighted by Gasteiger charge is -2.24. The second-order valence-corrected chi connectivity index (χ2v) is 5.50. The molecule has 0 unspecified atom stereocenters. The fourth-order valence-electron chi connectivity index (χ4n) is 2.92. The van der Waals surface area contributed by atoms with Crippen molar-refractivity contribution in [2.24, 2.45) is 0 Å². The summed E-state index contributed by atoms with van der Waals surface area (Å²) in [4.78, 5) is 13.3. The smallest absolute Gasteiger partial charge is 0.371 e. The molecule has 0 aliphatic carbocycles. The highest BCUT2D eigenvalue weighted by atomic mass is 16.4. The van der Waals surface area contributed by atoms with Crippen molar-refractivity contribution in [2.45, 2.75) is 32.7 Å². The van der Waals surface area contributed by atoms with Crippen molar-refractivity contribution in [1.82, 2.24) is 0 Å². The van der Waals surface area contributed by atoms with Crippen LogP contribution in [0.25, 0.3) is 0 Å². The molecule has 2 aromatic rings. The monoisotopic (exact) mass is 285 g/mol. The summed E-state index contributed by atoms with van der Waals surface area (Å²) in [7, 11) is 0. The molecule has 1 aromatic carbocycles. The fourth-order valence-corrected chi connectivity index (χ4v) is 2.92. The number of benzene rings is 1. The molecule has 0 amide bonds. The minimum atomic E-state index is -1.01. The summed E-state index contributed by atoms with van der Waals surface area (Å²) in [6.07, 6.45) is 3.45. The molecule has 0 atom stereocenters. The Balaban J connectivity index is 1.89. The van der Waals surface area contributed by atoms with Gasteiger partial charge >= 0.3 is 5.97 Å². The van der Waals surface area contributed by atoms with Crippen LogP contribution in [0.5, 0.6) is 0 Å². The number of anilines is 1. The van der Waals surface area contributed by atoms with Gasteiger partial charge in [0, 0.05) is 24.3 Å². The number of aryl methyl sites for hydroxylation is 2. The number of nitrogens with zero attached hydrogens (tertiary/aromatic N) is 1. The highest BCUT2D eigenvalue weighted by Crippen LogP contribution is 2.28. The van der Waals surface area contributed by atoms with Gasteiger partial charge in [0.2, 0.25) is 5.76 Å². The Hall–Kier alpha value is -2.23. The van der Waals surface area contributed by atoms with Gasteiger partial charge in [-0.05, 0) is 43.9 Å². The molecule has 1 N–H and O–H groups in total. The van der Waals surface area contributed by atoms with Crippen LogP contribution in [-0.4, -0.2) is 17.6 Å². The summed E-state index contributed by atoms with van der Waals surface area (Å²) in [5, 5.41) is 9.02. The first-order valence-corrected chi connectivity index (χ1v) is 7.30. The third-order valence-electron chi connectivity index (χ3n) is 4.05. The van der Waals surface area contributed by atoms with Crippen LogP contribution in [0.4, 0.5) is 5.69 Å². The van der Waals surface area contributed by atoms with E-state index in [0.29, 0.717) is 12.3 Å². The predicted octanol–water partition coefficient (Wildman–Crippen LogP) is 3.63. The first-order valence-electron chi connectivity index (χ1n) is 7.30. The van der Waals surface area contributed by atoms with E-state index in [1.165, 1.54) is 17.7 Å². The molecule has 0 spiro atoms. The summed E-state index contributed by atoms with van der Waals surface area (Å²) in [5.41, 5.74) is 3.58. The molecule has 0 saturated carbocycles. The number of aromatic carboxylic acids is 1. The third-order valence-corrected chi connectivity index (χ3v) is 4.05. The Kier molecular flexibility index (Phi) is 3.69. The van der Waals surface area contributed by atoms with Gasteiger partial charge in [-0.15, -0.1) is 0 Å². The number of furan rings is 1. The maximum atomic E-state index is 11.0. The maximum absolute atomic E-state index is 11.0. The maximum Gasteiger partial charge on any atom is 0.371 e. The number of hydrogen-bond donors (Lipinski definition) is 1. The molecule has 0 radical (unpaired) electrons. The molecule has 110 valence electrons. The molecule has 0 saturated heterocycles. The van der Waals surface area contributed by atoms with Crippen molar-refractivity contribution in [3.63, 3.8) is 0 Å². The number of rotatable bonds is 3. The Morgan fingerprint density at radius 3 is 2.90 bits per heavy atom. The quantitative estimate of drug-likeness (QED) is 0.935. The normalized spacial score (nSPS) is 14.6. The van der Waals surface area contributed by atoms with Gasteiger partial charge in [-0.1, -0.05) is 18.2 Å². The molecule has 0 fully saturated rings. The minimum Gasteiger partial charge on any atom is -0.475 e. The van der Waals surface area contributed by atoms with Gasteiger partial charge in [0.1, 0.15) is 5.76 Å². The van der Waals surface area contributed by atoms with Crippen LogP contribution in [0.15, 0.2) is 34.7 Å². The van der Waals surface area contributed by atoms with E-state index in [0.717, 1.165) is 24.9 Å². The van der Waals surface area contributed by atoms with Crippen molar-refractivity contribution in [3.8, 4) is 0 Å². The predicted molar refractivity (Wildman–Crippen MR) is 80.8 cm³/mol. The summed E-state index contributed by atoms with van der Waals surface area (Å²) in [6, 6.07) is 10.1. The molecule has 1 aliphatic heterocycles. The zero-order chi connectivity index (χ0) is 14.8. The Morgan fingerprint density at radius 1 is 1.33 bits per heavy atom.